The Balaban J connectivity index is 1.95. The number of nitrogens with zero attached hydrogens (tertiary/aromatic N) is 6. The van der Waals surface area contributed by atoms with Crippen molar-refractivity contribution in [1.29, 1.82) is 0 Å². The smallest absolute Gasteiger partial charge is 0.335 e. The first-order valence-electron chi connectivity index (χ1n) is 13.2. The van der Waals surface area contributed by atoms with E-state index in [0.717, 1.165) is 0 Å². The van der Waals surface area contributed by atoms with Crippen LogP contribution in [0.15, 0.2) is 23.3 Å². The summed E-state index contributed by atoms with van der Waals surface area (Å²) in [6.45, 7) is 17.1. The molecule has 0 aliphatic carbocycles. The number of carbonyl (C=O) groups excluding carboxylic acids is 1. The minimum atomic E-state index is -3.03. The molecule has 2 atom stereocenters. The van der Waals surface area contributed by atoms with Crippen molar-refractivity contribution in [3.05, 3.63) is 34.2 Å². The van der Waals surface area contributed by atoms with Gasteiger partial charge in [0, 0.05) is 11.1 Å². The SMILES string of the molecule is CC(C)[Si]1(C(C)C)OC[C@H]2OC(n3cc(C(N)=O)c4c(N)ncnc43)=C(N=[N+]=[N-])[C@@H]2O[Si](C(C)C)(C(C)C)O1. The van der Waals surface area contributed by atoms with Gasteiger partial charge >= 0.3 is 17.1 Å². The van der Waals surface area contributed by atoms with Crippen LogP contribution < -0.4 is 11.5 Å². The topological polar surface area (TPSA) is 185 Å². The zero-order valence-electron chi connectivity index (χ0n) is 23.7. The second-order valence-electron chi connectivity index (χ2n) is 11.3. The van der Waals surface area contributed by atoms with Gasteiger partial charge in [-0.05, 0) is 27.7 Å². The van der Waals surface area contributed by atoms with Crippen LogP contribution in [0.1, 0.15) is 65.7 Å². The number of anilines is 1. The molecule has 4 N–H and O–H groups in total. The number of hydrogen-bond donors (Lipinski definition) is 2. The summed E-state index contributed by atoms with van der Waals surface area (Å²) in [4.78, 5) is 23.7. The summed E-state index contributed by atoms with van der Waals surface area (Å²) in [6.07, 6.45) is 1.34. The van der Waals surface area contributed by atoms with Gasteiger partial charge in [-0.2, -0.15) is 0 Å². The second kappa shape index (κ2) is 10.6. The largest absolute Gasteiger partial charge is 0.470 e. The Bertz CT molecular complexity index is 1340. The van der Waals surface area contributed by atoms with Crippen LogP contribution in [0.25, 0.3) is 27.4 Å². The fourth-order valence-electron chi connectivity index (χ4n) is 5.70. The molecule has 39 heavy (non-hydrogen) atoms. The maximum atomic E-state index is 12.3. The van der Waals surface area contributed by atoms with Crippen molar-refractivity contribution in [3.8, 4) is 0 Å². The van der Waals surface area contributed by atoms with Crippen molar-refractivity contribution in [3.63, 3.8) is 0 Å². The molecule has 4 heterocycles. The van der Waals surface area contributed by atoms with Crippen LogP contribution in [0, 0.1) is 0 Å². The Morgan fingerprint density at radius 3 is 2.26 bits per heavy atom. The van der Waals surface area contributed by atoms with Crippen LogP contribution in [0.2, 0.25) is 22.2 Å². The number of amides is 1. The molecule has 0 radical (unpaired) electrons. The lowest BCUT2D eigenvalue weighted by molar-refractivity contribution is -0.00623. The van der Waals surface area contributed by atoms with Gasteiger partial charge in [-0.1, -0.05) is 60.5 Å². The first kappa shape index (κ1) is 29.0. The highest BCUT2D eigenvalue weighted by molar-refractivity contribution is 6.84. The summed E-state index contributed by atoms with van der Waals surface area (Å²) in [5, 5.41) is 4.32. The Morgan fingerprint density at radius 1 is 1.10 bits per heavy atom. The van der Waals surface area contributed by atoms with E-state index < -0.39 is 35.2 Å². The molecule has 212 valence electrons. The fourth-order valence-corrected chi connectivity index (χ4v) is 16.9. The van der Waals surface area contributed by atoms with Gasteiger partial charge in [0.15, 0.2) is 11.8 Å². The molecule has 2 aromatic heterocycles. The molecule has 0 spiro atoms. The lowest BCUT2D eigenvalue weighted by atomic mass is 10.2. The normalized spacial score (nSPS) is 22.7. The van der Waals surface area contributed by atoms with Crippen LogP contribution in [0.5, 0.6) is 0 Å². The predicted octanol–water partition coefficient (Wildman–Crippen LogP) is 4.90. The van der Waals surface area contributed by atoms with Crippen LogP contribution in [-0.2, 0) is 17.7 Å². The Hall–Kier alpha value is -2.95. The number of fused-ring (bicyclic) bond motifs is 2. The number of ether oxygens (including phenoxy) is 1. The van der Waals surface area contributed by atoms with E-state index in [9.17, 15) is 10.3 Å². The van der Waals surface area contributed by atoms with Crippen LogP contribution in [0.4, 0.5) is 5.82 Å². The molecule has 2 aliphatic heterocycles. The van der Waals surface area contributed by atoms with E-state index in [0.29, 0.717) is 0 Å². The lowest BCUT2D eigenvalue weighted by Crippen LogP contribution is -2.65. The molecule has 15 heteroatoms. The Morgan fingerprint density at radius 2 is 1.72 bits per heavy atom. The highest BCUT2D eigenvalue weighted by Gasteiger charge is 2.60. The molecule has 0 aromatic carbocycles. The van der Waals surface area contributed by atoms with E-state index in [1.54, 1.807) is 0 Å². The van der Waals surface area contributed by atoms with Gasteiger partial charge in [-0.15, -0.1) is 0 Å². The summed E-state index contributed by atoms with van der Waals surface area (Å²) in [7, 11) is -5.85. The molecule has 1 amide bonds. The van der Waals surface area contributed by atoms with Crippen molar-refractivity contribution in [2.75, 3.05) is 12.3 Å². The highest BCUT2D eigenvalue weighted by atomic mass is 28.5. The average molecular weight is 575 g/mol. The summed E-state index contributed by atoms with van der Waals surface area (Å²) in [5.41, 5.74) is 22.3. The fraction of sp³-hybridized carbons (Fsp3) is 0.625. The summed E-state index contributed by atoms with van der Waals surface area (Å²) in [5.74, 6) is -0.453. The number of azide groups is 1. The van der Waals surface area contributed by atoms with Crippen LogP contribution in [0.3, 0.4) is 0 Å². The molecular formula is C24H38N8O5Si2. The van der Waals surface area contributed by atoms with Crippen molar-refractivity contribution in [2.24, 2.45) is 10.8 Å². The highest BCUT2D eigenvalue weighted by Crippen LogP contribution is 2.49. The van der Waals surface area contributed by atoms with E-state index >= 15 is 0 Å². The van der Waals surface area contributed by atoms with E-state index in [2.05, 4.69) is 75.4 Å². The minimum Gasteiger partial charge on any atom is -0.470 e. The zero-order chi connectivity index (χ0) is 28.9. The first-order valence-corrected chi connectivity index (χ1v) is 17.1. The maximum Gasteiger partial charge on any atom is 0.335 e. The van der Waals surface area contributed by atoms with Crippen molar-refractivity contribution in [2.45, 2.75) is 89.8 Å². The number of nitrogen functional groups attached to an aromatic ring is 1. The molecule has 0 bridgehead atoms. The molecule has 0 saturated carbocycles. The molecule has 2 aromatic rings. The van der Waals surface area contributed by atoms with Crippen molar-refractivity contribution in [1.82, 2.24) is 14.5 Å². The number of carbonyl (C=O) groups is 1. The number of aromatic nitrogens is 3. The van der Waals surface area contributed by atoms with E-state index in [-0.39, 0.29) is 62.8 Å². The Kier molecular flexibility index (Phi) is 7.86. The molecule has 2 aliphatic rings. The monoisotopic (exact) mass is 574 g/mol. The third-order valence-corrected chi connectivity index (χ3v) is 17.9. The van der Waals surface area contributed by atoms with Gasteiger partial charge in [0.2, 0.25) is 5.88 Å². The molecular weight excluding hydrogens is 536 g/mol. The number of nitrogens with two attached hydrogens (primary N) is 2. The third kappa shape index (κ3) is 4.62. The van der Waals surface area contributed by atoms with Gasteiger partial charge in [-0.3, -0.25) is 9.36 Å². The second-order valence-corrected chi connectivity index (χ2v) is 20.1. The van der Waals surface area contributed by atoms with E-state index in [1.807, 2.05) is 0 Å². The van der Waals surface area contributed by atoms with Crippen molar-refractivity contribution >= 4 is 45.8 Å². The third-order valence-electron chi connectivity index (χ3n) is 7.66. The lowest BCUT2D eigenvalue weighted by Gasteiger charge is -2.51. The number of primary amides is 1. The molecule has 1 fully saturated rings. The predicted molar refractivity (Wildman–Crippen MR) is 152 cm³/mol. The molecule has 13 nitrogen and oxygen atoms in total. The standard InChI is InChI=1S/C24H38N8O5Si2/c1-12(2)38(13(3)4)34-10-17-20(36-39(37-38,14(5)6)15(7)8)19(30-31-27)24(35-17)32-9-16(22(26)33)18-21(25)28-11-29-23(18)32/h9,11-15,17,20H,10H2,1-8H3,(H2,26,33)(H2,25,28,29)/t17-,20-/m1/s1. The number of rotatable bonds is 7. The van der Waals surface area contributed by atoms with Gasteiger partial charge in [0.1, 0.15) is 23.9 Å². The number of hydrogen-bond acceptors (Lipinski definition) is 9. The molecule has 4 rings (SSSR count). The van der Waals surface area contributed by atoms with E-state index in [4.69, 9.17) is 29.2 Å². The average Bonchev–Trinajstić information content (AvgIpc) is 3.38. The first-order chi connectivity index (χ1) is 18.3. The van der Waals surface area contributed by atoms with Crippen molar-refractivity contribution < 1.29 is 22.5 Å². The summed E-state index contributed by atoms with van der Waals surface area (Å²) in [6, 6.07) is 0. The molecule has 1 saturated heterocycles. The van der Waals surface area contributed by atoms with Gasteiger partial charge in [0.05, 0.1) is 17.6 Å². The molecule has 0 unspecified atom stereocenters. The Labute approximate surface area is 230 Å². The maximum absolute atomic E-state index is 12.3. The zero-order valence-corrected chi connectivity index (χ0v) is 25.7. The van der Waals surface area contributed by atoms with Gasteiger partial charge < -0.3 is 29.2 Å². The van der Waals surface area contributed by atoms with Crippen LogP contribution >= 0.6 is 0 Å². The quantitative estimate of drug-likeness (QED) is 0.202. The van der Waals surface area contributed by atoms with E-state index in [1.165, 1.54) is 17.1 Å². The van der Waals surface area contributed by atoms with Gasteiger partial charge in [-0.25, -0.2) is 9.97 Å². The summed E-state index contributed by atoms with van der Waals surface area (Å²) < 4.78 is 29.0. The minimum absolute atomic E-state index is 0.0574. The van der Waals surface area contributed by atoms with Gasteiger partial charge in [0.25, 0.3) is 5.91 Å². The summed E-state index contributed by atoms with van der Waals surface area (Å²) >= 11 is 0. The van der Waals surface area contributed by atoms with Crippen LogP contribution in [-0.4, -0.2) is 56.4 Å².